The van der Waals surface area contributed by atoms with Gasteiger partial charge in [-0.15, -0.1) is 12.4 Å². The number of nitrogens with two attached hydrogens (primary N) is 1. The minimum absolute atomic E-state index is 0. The first kappa shape index (κ1) is 17.9. The van der Waals surface area contributed by atoms with Crippen LogP contribution in [0.5, 0.6) is 0 Å². The first-order valence-corrected chi connectivity index (χ1v) is 6.65. The molecule has 1 unspecified atom stereocenters. The van der Waals surface area contributed by atoms with E-state index in [2.05, 4.69) is 19.2 Å². The molecule has 0 aliphatic rings. The average molecular weight is 285 g/mol. The van der Waals surface area contributed by atoms with Crippen LogP contribution < -0.4 is 11.1 Å². The second kappa shape index (κ2) is 9.82. The topological polar surface area (TPSA) is 55.1 Å². The molecular formula is C15H25ClN2O. The second-order valence-electron chi connectivity index (χ2n) is 5.12. The van der Waals surface area contributed by atoms with Gasteiger partial charge in [-0.1, -0.05) is 44.2 Å². The van der Waals surface area contributed by atoms with Crippen LogP contribution in [0.15, 0.2) is 30.3 Å². The van der Waals surface area contributed by atoms with Crippen molar-refractivity contribution in [1.29, 1.82) is 0 Å². The van der Waals surface area contributed by atoms with E-state index in [1.54, 1.807) is 0 Å². The molecule has 19 heavy (non-hydrogen) atoms. The lowest BCUT2D eigenvalue weighted by atomic mass is 10.0. The fourth-order valence-corrected chi connectivity index (χ4v) is 1.99. The largest absolute Gasteiger partial charge is 0.352 e. The molecule has 3 nitrogen and oxygen atoms in total. The standard InChI is InChI=1S/C15H24N2O.ClH/c1-12(2)10-14(11-16)17-15(18)9-8-13-6-4-3-5-7-13;/h3-7,12,14H,8-11,16H2,1-2H3,(H,17,18);1H. The molecule has 0 heterocycles. The third kappa shape index (κ3) is 7.85. The highest BCUT2D eigenvalue weighted by atomic mass is 35.5. The quantitative estimate of drug-likeness (QED) is 0.808. The summed E-state index contributed by atoms with van der Waals surface area (Å²) in [6.45, 7) is 4.78. The molecule has 0 spiro atoms. The number of rotatable bonds is 7. The lowest BCUT2D eigenvalue weighted by Crippen LogP contribution is -2.41. The summed E-state index contributed by atoms with van der Waals surface area (Å²) in [5.41, 5.74) is 6.86. The molecule has 1 aromatic carbocycles. The Morgan fingerprint density at radius 3 is 2.42 bits per heavy atom. The molecule has 0 saturated heterocycles. The summed E-state index contributed by atoms with van der Waals surface area (Å²) in [5, 5.41) is 3.00. The molecule has 0 aromatic heterocycles. The van der Waals surface area contributed by atoms with E-state index in [1.807, 2.05) is 30.3 Å². The monoisotopic (exact) mass is 284 g/mol. The molecule has 3 N–H and O–H groups in total. The number of carbonyl (C=O) groups excluding carboxylic acids is 1. The molecule has 0 saturated carbocycles. The number of halogens is 1. The highest BCUT2D eigenvalue weighted by Crippen LogP contribution is 2.05. The maximum Gasteiger partial charge on any atom is 0.220 e. The van der Waals surface area contributed by atoms with Gasteiger partial charge < -0.3 is 11.1 Å². The van der Waals surface area contributed by atoms with Gasteiger partial charge in [-0.3, -0.25) is 4.79 Å². The van der Waals surface area contributed by atoms with Gasteiger partial charge in [0, 0.05) is 19.0 Å². The zero-order valence-electron chi connectivity index (χ0n) is 11.8. The highest BCUT2D eigenvalue weighted by molar-refractivity contribution is 5.85. The van der Waals surface area contributed by atoms with Gasteiger partial charge in [-0.25, -0.2) is 0 Å². The van der Waals surface area contributed by atoms with Crippen LogP contribution in [0.1, 0.15) is 32.3 Å². The van der Waals surface area contributed by atoms with Crippen LogP contribution in [0.2, 0.25) is 0 Å². The fraction of sp³-hybridized carbons (Fsp3) is 0.533. The number of nitrogens with one attached hydrogen (secondary N) is 1. The molecule has 0 aliphatic heterocycles. The van der Waals surface area contributed by atoms with E-state index < -0.39 is 0 Å². The molecule has 0 aliphatic carbocycles. The normalized spacial score (nSPS) is 11.8. The first-order valence-electron chi connectivity index (χ1n) is 6.65. The lowest BCUT2D eigenvalue weighted by Gasteiger charge is -2.18. The summed E-state index contributed by atoms with van der Waals surface area (Å²) in [6.07, 6.45) is 2.25. The summed E-state index contributed by atoms with van der Waals surface area (Å²) in [5.74, 6) is 0.642. The molecule has 0 fully saturated rings. The van der Waals surface area contributed by atoms with Crippen molar-refractivity contribution >= 4 is 18.3 Å². The van der Waals surface area contributed by atoms with Crippen LogP contribution in [0.4, 0.5) is 0 Å². The second-order valence-corrected chi connectivity index (χ2v) is 5.12. The fourth-order valence-electron chi connectivity index (χ4n) is 1.99. The third-order valence-electron chi connectivity index (χ3n) is 2.89. The average Bonchev–Trinajstić information content (AvgIpc) is 2.36. The van der Waals surface area contributed by atoms with Gasteiger partial charge in [0.15, 0.2) is 0 Å². The van der Waals surface area contributed by atoms with Crippen molar-refractivity contribution in [3.63, 3.8) is 0 Å². The summed E-state index contributed by atoms with van der Waals surface area (Å²) in [4.78, 5) is 11.8. The third-order valence-corrected chi connectivity index (χ3v) is 2.89. The molecule has 1 atom stereocenters. The maximum absolute atomic E-state index is 11.8. The molecule has 108 valence electrons. The Morgan fingerprint density at radius 2 is 1.89 bits per heavy atom. The van der Waals surface area contributed by atoms with Gasteiger partial charge in [0.1, 0.15) is 0 Å². The summed E-state index contributed by atoms with van der Waals surface area (Å²) in [6, 6.07) is 10.2. The van der Waals surface area contributed by atoms with Gasteiger partial charge in [0.05, 0.1) is 0 Å². The molecule has 1 aromatic rings. The molecular weight excluding hydrogens is 260 g/mol. The van der Waals surface area contributed by atoms with Gasteiger partial charge >= 0.3 is 0 Å². The highest BCUT2D eigenvalue weighted by Gasteiger charge is 2.12. The number of hydrogen-bond donors (Lipinski definition) is 2. The van der Waals surface area contributed by atoms with Crippen LogP contribution in [-0.4, -0.2) is 18.5 Å². The SMILES string of the molecule is CC(C)CC(CN)NC(=O)CCc1ccccc1.Cl. The predicted molar refractivity (Wildman–Crippen MR) is 82.5 cm³/mol. The van der Waals surface area contributed by atoms with E-state index in [9.17, 15) is 4.79 Å². The zero-order valence-corrected chi connectivity index (χ0v) is 12.6. The number of aryl methyl sites for hydroxylation is 1. The van der Waals surface area contributed by atoms with Crippen molar-refractivity contribution in [2.75, 3.05) is 6.54 Å². The Morgan fingerprint density at radius 1 is 1.26 bits per heavy atom. The summed E-state index contributed by atoms with van der Waals surface area (Å²) >= 11 is 0. The van der Waals surface area contributed by atoms with Crippen molar-refractivity contribution < 1.29 is 4.79 Å². The zero-order chi connectivity index (χ0) is 13.4. The van der Waals surface area contributed by atoms with E-state index in [4.69, 9.17) is 5.73 Å². The van der Waals surface area contributed by atoms with Gasteiger partial charge in [-0.2, -0.15) is 0 Å². The first-order chi connectivity index (χ1) is 8.61. The van der Waals surface area contributed by atoms with Crippen LogP contribution >= 0.6 is 12.4 Å². The van der Waals surface area contributed by atoms with Crippen molar-refractivity contribution in [1.82, 2.24) is 5.32 Å². The molecule has 0 radical (unpaired) electrons. The summed E-state index contributed by atoms with van der Waals surface area (Å²) in [7, 11) is 0. The minimum Gasteiger partial charge on any atom is -0.352 e. The number of hydrogen-bond acceptors (Lipinski definition) is 2. The van der Waals surface area contributed by atoms with Crippen molar-refractivity contribution in [3.05, 3.63) is 35.9 Å². The van der Waals surface area contributed by atoms with E-state index in [0.29, 0.717) is 18.9 Å². The molecule has 4 heteroatoms. The number of benzene rings is 1. The van der Waals surface area contributed by atoms with E-state index in [-0.39, 0.29) is 24.4 Å². The Hall–Kier alpha value is -1.06. The predicted octanol–water partition coefficient (Wildman–Crippen LogP) is 2.53. The van der Waals surface area contributed by atoms with E-state index in [0.717, 1.165) is 12.8 Å². The van der Waals surface area contributed by atoms with Crippen LogP contribution in [0.25, 0.3) is 0 Å². The Balaban J connectivity index is 0.00000324. The van der Waals surface area contributed by atoms with Crippen LogP contribution in [0.3, 0.4) is 0 Å². The van der Waals surface area contributed by atoms with E-state index in [1.165, 1.54) is 5.56 Å². The molecule has 1 amide bonds. The number of carbonyl (C=O) groups is 1. The lowest BCUT2D eigenvalue weighted by molar-refractivity contribution is -0.121. The Kier molecular flexibility index (Phi) is 9.27. The molecule has 1 rings (SSSR count). The van der Waals surface area contributed by atoms with Crippen LogP contribution in [0, 0.1) is 5.92 Å². The van der Waals surface area contributed by atoms with Crippen molar-refractivity contribution in [2.24, 2.45) is 11.7 Å². The minimum atomic E-state index is 0. The van der Waals surface area contributed by atoms with Crippen molar-refractivity contribution in [3.8, 4) is 0 Å². The smallest absolute Gasteiger partial charge is 0.220 e. The van der Waals surface area contributed by atoms with Crippen LogP contribution in [-0.2, 0) is 11.2 Å². The maximum atomic E-state index is 11.8. The van der Waals surface area contributed by atoms with Gasteiger partial charge in [0.2, 0.25) is 5.91 Å². The van der Waals surface area contributed by atoms with Gasteiger partial charge in [-0.05, 0) is 24.3 Å². The molecule has 0 bridgehead atoms. The summed E-state index contributed by atoms with van der Waals surface area (Å²) < 4.78 is 0. The van der Waals surface area contributed by atoms with E-state index >= 15 is 0 Å². The Labute approximate surface area is 122 Å². The van der Waals surface area contributed by atoms with Gasteiger partial charge in [0.25, 0.3) is 0 Å². The van der Waals surface area contributed by atoms with Crippen molar-refractivity contribution in [2.45, 2.75) is 39.2 Å². The number of amides is 1. The Bertz CT molecular complexity index is 354.